The fourth-order valence-electron chi connectivity index (χ4n) is 1.23. The molecule has 0 rings (SSSR count). The number of ether oxygens (including phenoxy) is 4. The zero-order chi connectivity index (χ0) is 16.0. The summed E-state index contributed by atoms with van der Waals surface area (Å²) in [5, 5.41) is 8.33. The molecular weight excluding hydrogens is 296 g/mol. The Morgan fingerprint density at radius 3 is 1.52 bits per heavy atom. The van der Waals surface area contributed by atoms with Crippen LogP contribution in [0.25, 0.3) is 0 Å². The zero-order valence-corrected chi connectivity index (χ0v) is 14.3. The first-order chi connectivity index (χ1) is 9.92. The van der Waals surface area contributed by atoms with Gasteiger partial charge in [0.2, 0.25) is 0 Å². The second kappa shape index (κ2) is 13.2. The van der Waals surface area contributed by atoms with E-state index in [9.17, 15) is 4.79 Å². The van der Waals surface area contributed by atoms with Gasteiger partial charge in [-0.1, -0.05) is 0 Å². The number of carboxylic acids is 1. The Kier molecular flexibility index (Phi) is 12.8. The van der Waals surface area contributed by atoms with Crippen molar-refractivity contribution in [1.29, 1.82) is 0 Å². The average molecular weight is 324 g/mol. The average Bonchev–Trinajstić information content (AvgIpc) is 2.37. The van der Waals surface area contributed by atoms with Gasteiger partial charge in [-0.2, -0.15) is 0 Å². The Balaban J connectivity index is 3.04. The summed E-state index contributed by atoms with van der Waals surface area (Å²) in [7, 11) is -1.43. The second-order valence-electron chi connectivity index (χ2n) is 5.24. The van der Waals surface area contributed by atoms with Gasteiger partial charge in [-0.25, -0.2) is 4.79 Å². The summed E-state index contributed by atoms with van der Waals surface area (Å²) < 4.78 is 26.3. The third kappa shape index (κ3) is 19.5. The van der Waals surface area contributed by atoms with Crippen LogP contribution in [0.3, 0.4) is 0 Å². The van der Waals surface area contributed by atoms with E-state index in [1.165, 1.54) is 0 Å². The molecule has 0 unspecified atom stereocenters. The predicted molar refractivity (Wildman–Crippen MR) is 80.2 cm³/mol. The first-order valence-electron chi connectivity index (χ1n) is 7.08. The van der Waals surface area contributed by atoms with E-state index in [4.69, 9.17) is 28.5 Å². The lowest BCUT2D eigenvalue weighted by Crippen LogP contribution is -2.27. The minimum atomic E-state index is -1.43. The van der Waals surface area contributed by atoms with Crippen LogP contribution in [0.5, 0.6) is 0 Å². The number of rotatable bonds is 15. The molecule has 7 nitrogen and oxygen atoms in total. The van der Waals surface area contributed by atoms with Crippen LogP contribution in [0, 0.1) is 0 Å². The lowest BCUT2D eigenvalue weighted by atomic mass is 10.7. The molecule has 0 saturated carbocycles. The molecule has 0 aliphatic heterocycles. The van der Waals surface area contributed by atoms with E-state index in [0.717, 1.165) is 0 Å². The van der Waals surface area contributed by atoms with Crippen molar-refractivity contribution in [3.63, 3.8) is 0 Å². The monoisotopic (exact) mass is 324 g/mol. The van der Waals surface area contributed by atoms with Crippen LogP contribution in [0.15, 0.2) is 0 Å². The molecule has 0 atom stereocenters. The number of carbonyl (C=O) groups is 1. The maximum absolute atomic E-state index is 10.1. The second-order valence-corrected chi connectivity index (χ2v) is 9.76. The van der Waals surface area contributed by atoms with E-state index in [2.05, 4.69) is 19.6 Å². The number of carboxylic acid groups (broad SMARTS) is 1. The lowest BCUT2D eigenvalue weighted by molar-refractivity contribution is -0.142. The highest BCUT2D eigenvalue weighted by molar-refractivity contribution is 6.69. The van der Waals surface area contributed by atoms with E-state index >= 15 is 0 Å². The van der Waals surface area contributed by atoms with Gasteiger partial charge in [-0.15, -0.1) is 0 Å². The first kappa shape index (κ1) is 20.5. The summed E-state index contributed by atoms with van der Waals surface area (Å²) in [4.78, 5) is 10.1. The maximum Gasteiger partial charge on any atom is 0.329 e. The van der Waals surface area contributed by atoms with Crippen LogP contribution in [-0.2, 0) is 28.2 Å². The predicted octanol–water partition coefficient (Wildman–Crippen LogP) is 0.989. The van der Waals surface area contributed by atoms with E-state index in [1.54, 1.807) is 0 Å². The van der Waals surface area contributed by atoms with Crippen LogP contribution >= 0.6 is 0 Å². The van der Waals surface area contributed by atoms with Crippen LogP contribution in [0.4, 0.5) is 0 Å². The van der Waals surface area contributed by atoms with Crippen molar-refractivity contribution in [3.8, 4) is 0 Å². The number of hydrogen-bond donors (Lipinski definition) is 1. The topological polar surface area (TPSA) is 83.5 Å². The van der Waals surface area contributed by atoms with Gasteiger partial charge in [-0.3, -0.25) is 0 Å². The molecule has 0 aromatic heterocycles. The smallest absolute Gasteiger partial charge is 0.329 e. The highest BCUT2D eigenvalue weighted by Gasteiger charge is 2.12. The van der Waals surface area contributed by atoms with E-state index in [1.807, 2.05) is 0 Å². The molecule has 8 heteroatoms. The van der Waals surface area contributed by atoms with Gasteiger partial charge in [0.15, 0.2) is 8.32 Å². The molecule has 0 spiro atoms. The molecule has 0 fully saturated rings. The van der Waals surface area contributed by atoms with Crippen molar-refractivity contribution in [2.45, 2.75) is 19.6 Å². The van der Waals surface area contributed by atoms with Gasteiger partial charge in [0.1, 0.15) is 6.61 Å². The van der Waals surface area contributed by atoms with Crippen LogP contribution in [0.2, 0.25) is 19.6 Å². The third-order valence-electron chi connectivity index (χ3n) is 2.10. The van der Waals surface area contributed by atoms with Crippen molar-refractivity contribution < 1.29 is 33.3 Å². The van der Waals surface area contributed by atoms with Crippen molar-refractivity contribution >= 4 is 14.3 Å². The summed E-state index contributed by atoms with van der Waals surface area (Å²) >= 11 is 0. The Hall–Kier alpha value is -0.513. The van der Waals surface area contributed by atoms with Gasteiger partial charge in [0, 0.05) is 0 Å². The quantitative estimate of drug-likeness (QED) is 0.355. The molecule has 0 amide bonds. The molecule has 0 aromatic carbocycles. The normalized spacial score (nSPS) is 11.8. The SMILES string of the molecule is C[Si](C)(C)OCCOCCOCCOCCOCC(=O)O. The lowest BCUT2D eigenvalue weighted by Gasteiger charge is -2.16. The zero-order valence-electron chi connectivity index (χ0n) is 13.3. The summed E-state index contributed by atoms with van der Waals surface area (Å²) in [5.74, 6) is -0.978. The van der Waals surface area contributed by atoms with Crippen molar-refractivity contribution in [2.75, 3.05) is 59.5 Å². The van der Waals surface area contributed by atoms with Crippen molar-refractivity contribution in [1.82, 2.24) is 0 Å². The Morgan fingerprint density at radius 1 is 0.762 bits per heavy atom. The van der Waals surface area contributed by atoms with Gasteiger partial charge < -0.3 is 28.5 Å². The van der Waals surface area contributed by atoms with Gasteiger partial charge in [0.25, 0.3) is 0 Å². The minimum Gasteiger partial charge on any atom is -0.480 e. The number of hydrogen-bond acceptors (Lipinski definition) is 6. The summed E-state index contributed by atoms with van der Waals surface area (Å²) in [6.45, 7) is 9.98. The minimum absolute atomic E-state index is 0.270. The fourth-order valence-corrected chi connectivity index (χ4v) is 1.92. The molecule has 1 N–H and O–H groups in total. The van der Waals surface area contributed by atoms with Crippen molar-refractivity contribution in [3.05, 3.63) is 0 Å². The molecule has 21 heavy (non-hydrogen) atoms. The van der Waals surface area contributed by atoms with Crippen molar-refractivity contribution in [2.24, 2.45) is 0 Å². The molecule has 0 bridgehead atoms. The van der Waals surface area contributed by atoms with Crippen LogP contribution < -0.4 is 0 Å². The summed E-state index contributed by atoms with van der Waals surface area (Å²) in [6.07, 6.45) is 0. The van der Waals surface area contributed by atoms with Crippen LogP contribution in [-0.4, -0.2) is 78.9 Å². The molecule has 0 radical (unpaired) electrons. The standard InChI is InChI=1S/C13H28O7Si/c1-21(2,3)20-11-10-18-7-6-16-4-5-17-8-9-19-12-13(14)15/h4-12H2,1-3H3,(H,14,15). The molecule has 0 heterocycles. The van der Waals surface area contributed by atoms with E-state index in [-0.39, 0.29) is 13.2 Å². The first-order valence-corrected chi connectivity index (χ1v) is 10.5. The Bertz CT molecular complexity index is 255. The molecule has 0 aliphatic carbocycles. The molecular formula is C13H28O7Si. The highest BCUT2D eigenvalue weighted by atomic mass is 28.4. The van der Waals surface area contributed by atoms with E-state index < -0.39 is 14.3 Å². The van der Waals surface area contributed by atoms with Gasteiger partial charge in [0.05, 0.1) is 52.9 Å². The molecule has 126 valence electrons. The summed E-state index contributed by atoms with van der Waals surface area (Å²) in [5.41, 5.74) is 0. The van der Waals surface area contributed by atoms with Gasteiger partial charge in [-0.05, 0) is 19.6 Å². The van der Waals surface area contributed by atoms with Gasteiger partial charge >= 0.3 is 5.97 Å². The summed E-state index contributed by atoms with van der Waals surface area (Å²) in [6, 6.07) is 0. The largest absolute Gasteiger partial charge is 0.480 e. The maximum atomic E-state index is 10.1. The molecule has 0 saturated heterocycles. The van der Waals surface area contributed by atoms with E-state index in [0.29, 0.717) is 46.2 Å². The highest BCUT2D eigenvalue weighted by Crippen LogP contribution is 2.01. The fraction of sp³-hybridized carbons (Fsp3) is 0.923. The Labute approximate surface area is 127 Å². The third-order valence-corrected chi connectivity index (χ3v) is 3.17. The number of aliphatic carboxylic acids is 1. The Morgan fingerprint density at radius 2 is 1.14 bits per heavy atom. The molecule has 0 aromatic rings. The molecule has 0 aliphatic rings. The van der Waals surface area contributed by atoms with Crippen LogP contribution in [0.1, 0.15) is 0 Å².